The summed E-state index contributed by atoms with van der Waals surface area (Å²) < 4.78 is 7.11. The van der Waals surface area contributed by atoms with Gasteiger partial charge in [-0.1, -0.05) is 41.7 Å². The van der Waals surface area contributed by atoms with Gasteiger partial charge in [0, 0.05) is 42.8 Å². The van der Waals surface area contributed by atoms with Crippen molar-refractivity contribution in [3.63, 3.8) is 0 Å². The van der Waals surface area contributed by atoms with Crippen LogP contribution in [0.5, 0.6) is 5.75 Å². The molecule has 182 valence electrons. The SMILES string of the molecule is COc1ccc(C(=O)N2CCN(c3nn4c(NC(C)(C)C)c(-c5ccccc5)nc4s3)CC2)cc1. The van der Waals surface area contributed by atoms with E-state index in [0.717, 1.165) is 46.0 Å². The molecule has 4 aromatic rings. The van der Waals surface area contributed by atoms with Crippen molar-refractivity contribution in [3.05, 3.63) is 60.2 Å². The van der Waals surface area contributed by atoms with Crippen LogP contribution in [-0.2, 0) is 0 Å². The first kappa shape index (κ1) is 23.2. The maximum atomic E-state index is 12.9. The van der Waals surface area contributed by atoms with E-state index in [-0.39, 0.29) is 11.4 Å². The van der Waals surface area contributed by atoms with Crippen LogP contribution in [0.15, 0.2) is 54.6 Å². The maximum absolute atomic E-state index is 12.9. The number of aromatic nitrogens is 3. The Morgan fingerprint density at radius 1 is 1.00 bits per heavy atom. The summed E-state index contributed by atoms with van der Waals surface area (Å²) in [5, 5.41) is 9.45. The molecule has 5 rings (SSSR count). The third-order valence-corrected chi connectivity index (χ3v) is 6.88. The Morgan fingerprint density at radius 2 is 1.69 bits per heavy atom. The lowest BCUT2D eigenvalue weighted by Crippen LogP contribution is -2.48. The van der Waals surface area contributed by atoms with Crippen molar-refractivity contribution in [2.45, 2.75) is 26.3 Å². The minimum atomic E-state index is -0.142. The minimum absolute atomic E-state index is 0.0467. The van der Waals surface area contributed by atoms with Crippen LogP contribution in [0, 0.1) is 0 Å². The molecule has 0 atom stereocenters. The molecule has 1 fully saturated rings. The Balaban J connectivity index is 1.35. The van der Waals surface area contributed by atoms with E-state index < -0.39 is 0 Å². The maximum Gasteiger partial charge on any atom is 0.253 e. The number of fused-ring (bicyclic) bond motifs is 1. The smallest absolute Gasteiger partial charge is 0.253 e. The van der Waals surface area contributed by atoms with E-state index in [9.17, 15) is 4.79 Å². The molecule has 0 aliphatic carbocycles. The third-order valence-electron chi connectivity index (χ3n) is 5.91. The number of hydrogen-bond acceptors (Lipinski definition) is 7. The Kier molecular flexibility index (Phi) is 6.10. The van der Waals surface area contributed by atoms with Gasteiger partial charge in [0.25, 0.3) is 5.91 Å². The van der Waals surface area contributed by atoms with Crippen LogP contribution >= 0.6 is 11.3 Å². The highest BCUT2D eigenvalue weighted by Crippen LogP contribution is 2.35. The predicted molar refractivity (Wildman–Crippen MR) is 141 cm³/mol. The van der Waals surface area contributed by atoms with Crippen LogP contribution in [0.1, 0.15) is 31.1 Å². The fourth-order valence-corrected chi connectivity index (χ4v) is 5.10. The number of carbonyl (C=O) groups excluding carboxylic acids is 1. The number of nitrogens with zero attached hydrogens (tertiary/aromatic N) is 5. The summed E-state index contributed by atoms with van der Waals surface area (Å²) >= 11 is 1.58. The Labute approximate surface area is 209 Å². The molecule has 0 saturated carbocycles. The first-order valence-electron chi connectivity index (χ1n) is 11.7. The van der Waals surface area contributed by atoms with Crippen LogP contribution < -0.4 is 15.0 Å². The number of ether oxygens (including phenoxy) is 1. The molecule has 1 N–H and O–H groups in total. The topological polar surface area (TPSA) is 75.0 Å². The summed E-state index contributed by atoms with van der Waals surface area (Å²) in [4.78, 5) is 22.8. The lowest BCUT2D eigenvalue weighted by atomic mass is 10.1. The van der Waals surface area contributed by atoms with Gasteiger partial charge in [-0.15, -0.1) is 5.10 Å². The fraction of sp³-hybridized carbons (Fsp3) is 0.346. The van der Waals surface area contributed by atoms with Crippen molar-refractivity contribution < 1.29 is 9.53 Å². The number of rotatable bonds is 5. The van der Waals surface area contributed by atoms with E-state index in [2.05, 4.69) is 43.1 Å². The number of carbonyl (C=O) groups is 1. The second-order valence-electron chi connectivity index (χ2n) is 9.64. The zero-order valence-corrected chi connectivity index (χ0v) is 21.3. The fourth-order valence-electron chi connectivity index (χ4n) is 4.15. The van der Waals surface area contributed by atoms with Crippen molar-refractivity contribution >= 4 is 33.2 Å². The molecule has 8 nitrogen and oxygen atoms in total. The molecule has 9 heteroatoms. The first-order valence-corrected chi connectivity index (χ1v) is 12.6. The monoisotopic (exact) mass is 490 g/mol. The van der Waals surface area contributed by atoms with E-state index in [4.69, 9.17) is 14.8 Å². The Morgan fingerprint density at radius 3 is 2.31 bits per heavy atom. The molecule has 0 spiro atoms. The summed E-state index contributed by atoms with van der Waals surface area (Å²) in [7, 11) is 1.62. The Bertz CT molecular complexity index is 1320. The van der Waals surface area contributed by atoms with E-state index in [1.807, 2.05) is 51.9 Å². The van der Waals surface area contributed by atoms with Gasteiger partial charge in [0.05, 0.1) is 7.11 Å². The number of amides is 1. The van der Waals surface area contributed by atoms with Gasteiger partial charge in [-0.2, -0.15) is 4.52 Å². The number of methoxy groups -OCH3 is 1. The lowest BCUT2D eigenvalue weighted by Gasteiger charge is -2.34. The summed E-state index contributed by atoms with van der Waals surface area (Å²) in [5.74, 6) is 1.69. The van der Waals surface area contributed by atoms with Crippen molar-refractivity contribution in [1.82, 2.24) is 19.5 Å². The summed E-state index contributed by atoms with van der Waals surface area (Å²) in [6.07, 6.45) is 0. The molecule has 0 radical (unpaired) electrons. The van der Waals surface area contributed by atoms with Gasteiger partial charge in [-0.05, 0) is 45.0 Å². The molecular formula is C26H30N6O2S. The highest BCUT2D eigenvalue weighted by Gasteiger charge is 2.27. The lowest BCUT2D eigenvalue weighted by molar-refractivity contribution is 0.0746. The van der Waals surface area contributed by atoms with E-state index in [0.29, 0.717) is 18.7 Å². The van der Waals surface area contributed by atoms with E-state index in [1.54, 1.807) is 18.4 Å². The molecule has 0 bridgehead atoms. The predicted octanol–water partition coefficient (Wildman–Crippen LogP) is 4.64. The number of nitrogens with one attached hydrogen (secondary N) is 1. The molecule has 35 heavy (non-hydrogen) atoms. The molecule has 0 unspecified atom stereocenters. The first-order chi connectivity index (χ1) is 16.8. The normalized spacial score (nSPS) is 14.4. The number of piperazine rings is 1. The largest absolute Gasteiger partial charge is 0.497 e. The molecule has 3 heterocycles. The Hall–Kier alpha value is -3.59. The summed E-state index contributed by atoms with van der Waals surface area (Å²) in [6, 6.07) is 17.5. The van der Waals surface area contributed by atoms with Crippen LogP contribution in [0.25, 0.3) is 16.2 Å². The highest BCUT2D eigenvalue weighted by molar-refractivity contribution is 7.20. The average Bonchev–Trinajstić information content (AvgIpc) is 3.43. The molecule has 1 saturated heterocycles. The number of anilines is 2. The van der Waals surface area contributed by atoms with Crippen LogP contribution in [0.4, 0.5) is 10.9 Å². The van der Waals surface area contributed by atoms with Gasteiger partial charge in [-0.3, -0.25) is 4.79 Å². The molecule has 1 aliphatic rings. The second-order valence-corrected chi connectivity index (χ2v) is 10.6. The molecule has 2 aromatic heterocycles. The van der Waals surface area contributed by atoms with Gasteiger partial charge in [0.2, 0.25) is 10.1 Å². The van der Waals surface area contributed by atoms with Gasteiger partial charge in [0.15, 0.2) is 5.82 Å². The number of hydrogen-bond donors (Lipinski definition) is 1. The average molecular weight is 491 g/mol. The zero-order chi connectivity index (χ0) is 24.6. The molecule has 1 amide bonds. The van der Waals surface area contributed by atoms with Crippen LogP contribution in [0.2, 0.25) is 0 Å². The quantitative estimate of drug-likeness (QED) is 0.439. The minimum Gasteiger partial charge on any atom is -0.497 e. The van der Waals surface area contributed by atoms with Crippen LogP contribution in [0.3, 0.4) is 0 Å². The van der Waals surface area contributed by atoms with Crippen LogP contribution in [-0.4, -0.2) is 64.2 Å². The summed E-state index contributed by atoms with van der Waals surface area (Å²) in [6.45, 7) is 9.15. The van der Waals surface area contributed by atoms with E-state index in [1.165, 1.54) is 0 Å². The standard InChI is InChI=1S/C26H30N6O2S/c1-26(2,3)28-22-21(18-8-6-5-7-9-18)27-24-32(22)29-25(35-24)31-16-14-30(15-17-31)23(33)19-10-12-20(34-4)13-11-19/h5-13,28H,14-17H2,1-4H3. The van der Waals surface area contributed by atoms with Crippen molar-refractivity contribution in [2.75, 3.05) is 43.5 Å². The second kappa shape index (κ2) is 9.22. The third kappa shape index (κ3) is 4.81. The molecule has 1 aliphatic heterocycles. The van der Waals surface area contributed by atoms with Gasteiger partial charge in [0.1, 0.15) is 11.4 Å². The molecule has 2 aromatic carbocycles. The van der Waals surface area contributed by atoms with Gasteiger partial charge < -0.3 is 19.9 Å². The van der Waals surface area contributed by atoms with Crippen molar-refractivity contribution in [3.8, 4) is 17.0 Å². The highest BCUT2D eigenvalue weighted by atomic mass is 32.1. The zero-order valence-electron chi connectivity index (χ0n) is 20.5. The van der Waals surface area contributed by atoms with Gasteiger partial charge in [-0.25, -0.2) is 4.98 Å². The van der Waals surface area contributed by atoms with Crippen molar-refractivity contribution in [1.29, 1.82) is 0 Å². The molecular weight excluding hydrogens is 460 g/mol. The summed E-state index contributed by atoms with van der Waals surface area (Å²) in [5.41, 5.74) is 2.50. The van der Waals surface area contributed by atoms with Crippen molar-refractivity contribution in [2.24, 2.45) is 0 Å². The van der Waals surface area contributed by atoms with E-state index >= 15 is 0 Å². The van der Waals surface area contributed by atoms with Gasteiger partial charge >= 0.3 is 0 Å². The number of imidazole rings is 1. The number of benzene rings is 2.